The quantitative estimate of drug-likeness (QED) is 0.295. The van der Waals surface area contributed by atoms with Crippen LogP contribution in [0.1, 0.15) is 35.1 Å². The Kier molecular flexibility index (Phi) is 5.46. The van der Waals surface area contributed by atoms with E-state index in [1.54, 1.807) is 0 Å². The van der Waals surface area contributed by atoms with Crippen molar-refractivity contribution in [2.24, 2.45) is 0 Å². The molecule has 6 nitrogen and oxygen atoms in total. The Morgan fingerprint density at radius 1 is 0.971 bits per heavy atom. The standard InChI is InChI=1S/C28H26N6/c1-6-26-32-27-19(3)13-20(4)31-28(27)33(26)17-21-7-9-22(10-8-21)24-14-23(11-12-25(24)29-5)34-16-18(2)15-30-34/h7-16H,6,17H2,1-4H3. The summed E-state index contributed by atoms with van der Waals surface area (Å²) in [6.45, 7) is 16.6. The van der Waals surface area contributed by atoms with E-state index in [0.717, 1.165) is 57.0 Å². The summed E-state index contributed by atoms with van der Waals surface area (Å²) in [6.07, 6.45) is 4.67. The number of aryl methyl sites for hydroxylation is 4. The fourth-order valence-electron chi connectivity index (χ4n) is 4.41. The van der Waals surface area contributed by atoms with Gasteiger partial charge >= 0.3 is 0 Å². The van der Waals surface area contributed by atoms with Gasteiger partial charge in [0.15, 0.2) is 11.3 Å². The van der Waals surface area contributed by atoms with Gasteiger partial charge in [-0.1, -0.05) is 37.3 Å². The highest BCUT2D eigenvalue weighted by atomic mass is 15.3. The van der Waals surface area contributed by atoms with Crippen LogP contribution >= 0.6 is 0 Å². The summed E-state index contributed by atoms with van der Waals surface area (Å²) in [4.78, 5) is 13.4. The summed E-state index contributed by atoms with van der Waals surface area (Å²) < 4.78 is 4.06. The number of benzene rings is 2. The molecule has 168 valence electrons. The summed E-state index contributed by atoms with van der Waals surface area (Å²) in [6, 6.07) is 16.3. The molecule has 0 amide bonds. The lowest BCUT2D eigenvalue weighted by molar-refractivity contribution is 0.745. The van der Waals surface area contributed by atoms with Gasteiger partial charge in [-0.05, 0) is 66.8 Å². The lowest BCUT2D eigenvalue weighted by Crippen LogP contribution is -2.05. The Balaban J connectivity index is 1.50. The number of hydrogen-bond donors (Lipinski definition) is 0. The topological polar surface area (TPSA) is 52.9 Å². The van der Waals surface area contributed by atoms with Crippen molar-refractivity contribution >= 4 is 16.9 Å². The van der Waals surface area contributed by atoms with Crippen LogP contribution in [-0.4, -0.2) is 24.3 Å². The first-order valence-corrected chi connectivity index (χ1v) is 11.4. The molecule has 3 heterocycles. The molecule has 0 saturated heterocycles. The molecule has 5 aromatic rings. The average molecular weight is 447 g/mol. The smallest absolute Gasteiger partial charge is 0.195 e. The first-order chi connectivity index (χ1) is 16.5. The average Bonchev–Trinajstić information content (AvgIpc) is 3.43. The molecule has 0 atom stereocenters. The zero-order valence-corrected chi connectivity index (χ0v) is 19.9. The maximum absolute atomic E-state index is 7.63. The van der Waals surface area contributed by atoms with Crippen molar-refractivity contribution in [2.75, 3.05) is 0 Å². The lowest BCUT2D eigenvalue weighted by Gasteiger charge is -2.11. The van der Waals surface area contributed by atoms with E-state index in [2.05, 4.69) is 58.7 Å². The minimum atomic E-state index is 0.629. The van der Waals surface area contributed by atoms with E-state index in [0.29, 0.717) is 12.2 Å². The van der Waals surface area contributed by atoms with Crippen LogP contribution in [0.15, 0.2) is 60.9 Å². The fraction of sp³-hybridized carbons (Fsp3) is 0.214. The molecule has 3 aromatic heterocycles. The van der Waals surface area contributed by atoms with E-state index in [1.165, 1.54) is 5.56 Å². The summed E-state index contributed by atoms with van der Waals surface area (Å²) in [5.41, 5.74) is 9.83. The van der Waals surface area contributed by atoms with Gasteiger partial charge in [-0.3, -0.25) is 0 Å². The van der Waals surface area contributed by atoms with Gasteiger partial charge in [0.2, 0.25) is 0 Å². The molecule has 0 aliphatic heterocycles. The second-order valence-electron chi connectivity index (χ2n) is 8.69. The summed E-state index contributed by atoms with van der Waals surface area (Å²) in [7, 11) is 0. The molecule has 0 bridgehead atoms. The molecule has 0 unspecified atom stereocenters. The van der Waals surface area contributed by atoms with Crippen LogP contribution in [0.25, 0.3) is 32.8 Å². The van der Waals surface area contributed by atoms with E-state index in [4.69, 9.17) is 16.5 Å². The van der Waals surface area contributed by atoms with Gasteiger partial charge in [0, 0.05) is 18.3 Å². The Hall–Kier alpha value is -4.24. The van der Waals surface area contributed by atoms with Gasteiger partial charge in [0.1, 0.15) is 11.3 Å². The predicted octanol–water partition coefficient (Wildman–Crippen LogP) is 6.37. The SMILES string of the molecule is [C-]#[N+]c1ccc(-n2cc(C)cn2)cc1-c1ccc(Cn2c(CC)nc3c(C)cc(C)nc32)cc1. The summed E-state index contributed by atoms with van der Waals surface area (Å²) in [5.74, 6) is 1.04. The van der Waals surface area contributed by atoms with Gasteiger partial charge in [0.05, 0.1) is 25.0 Å². The lowest BCUT2D eigenvalue weighted by atomic mass is 10.0. The van der Waals surface area contributed by atoms with E-state index in [1.807, 2.05) is 49.1 Å². The first kappa shape index (κ1) is 21.6. The molecule has 0 spiro atoms. The van der Waals surface area contributed by atoms with Crippen LogP contribution in [0.4, 0.5) is 5.69 Å². The molecule has 0 aliphatic rings. The van der Waals surface area contributed by atoms with Gasteiger partial charge in [-0.15, -0.1) is 0 Å². The molecule has 6 heteroatoms. The third-order valence-corrected chi connectivity index (χ3v) is 6.10. The molecule has 0 N–H and O–H groups in total. The normalized spacial score (nSPS) is 11.1. The minimum absolute atomic E-state index is 0.629. The second-order valence-corrected chi connectivity index (χ2v) is 8.69. The van der Waals surface area contributed by atoms with Gasteiger partial charge in [-0.25, -0.2) is 19.5 Å². The van der Waals surface area contributed by atoms with E-state index in [-0.39, 0.29) is 0 Å². The highest BCUT2D eigenvalue weighted by molar-refractivity contribution is 5.80. The molecule has 0 saturated carbocycles. The van der Waals surface area contributed by atoms with Crippen molar-refractivity contribution in [3.05, 3.63) is 101 Å². The van der Waals surface area contributed by atoms with Crippen LogP contribution in [0.2, 0.25) is 0 Å². The maximum Gasteiger partial charge on any atom is 0.195 e. The highest BCUT2D eigenvalue weighted by Gasteiger charge is 2.14. The number of imidazole rings is 1. The van der Waals surface area contributed by atoms with E-state index >= 15 is 0 Å². The third-order valence-electron chi connectivity index (χ3n) is 6.10. The Bertz CT molecular complexity index is 1550. The fourth-order valence-corrected chi connectivity index (χ4v) is 4.41. The Morgan fingerprint density at radius 3 is 2.44 bits per heavy atom. The number of pyridine rings is 1. The summed E-state index contributed by atoms with van der Waals surface area (Å²) >= 11 is 0. The number of hydrogen-bond acceptors (Lipinski definition) is 3. The van der Waals surface area contributed by atoms with Crippen LogP contribution in [-0.2, 0) is 13.0 Å². The Labute approximate surface area is 199 Å². The van der Waals surface area contributed by atoms with Crippen LogP contribution < -0.4 is 0 Å². The largest absolute Gasteiger partial charge is 0.308 e. The van der Waals surface area contributed by atoms with Gasteiger partial charge in [0.25, 0.3) is 0 Å². The molecular weight excluding hydrogens is 420 g/mol. The summed E-state index contributed by atoms with van der Waals surface area (Å²) in [5, 5.41) is 4.41. The number of fused-ring (bicyclic) bond motifs is 1. The molecule has 0 fully saturated rings. The number of nitrogens with zero attached hydrogens (tertiary/aromatic N) is 6. The molecule has 34 heavy (non-hydrogen) atoms. The molecular formula is C28H26N6. The molecule has 0 radical (unpaired) electrons. The van der Waals surface area contributed by atoms with E-state index in [9.17, 15) is 0 Å². The van der Waals surface area contributed by atoms with Crippen LogP contribution in [0.3, 0.4) is 0 Å². The van der Waals surface area contributed by atoms with Gasteiger partial charge < -0.3 is 4.57 Å². The van der Waals surface area contributed by atoms with Crippen molar-refractivity contribution in [2.45, 2.75) is 40.7 Å². The number of aromatic nitrogens is 5. The first-order valence-electron chi connectivity index (χ1n) is 11.4. The monoisotopic (exact) mass is 446 g/mol. The second kappa shape index (κ2) is 8.60. The van der Waals surface area contributed by atoms with Crippen LogP contribution in [0, 0.1) is 27.3 Å². The number of rotatable bonds is 5. The molecule has 5 rings (SSSR count). The zero-order chi connectivity index (χ0) is 23.8. The van der Waals surface area contributed by atoms with Crippen molar-refractivity contribution < 1.29 is 0 Å². The van der Waals surface area contributed by atoms with Crippen molar-refractivity contribution in [3.8, 4) is 16.8 Å². The van der Waals surface area contributed by atoms with Crippen molar-refractivity contribution in [1.82, 2.24) is 24.3 Å². The molecule has 2 aromatic carbocycles. The van der Waals surface area contributed by atoms with Crippen molar-refractivity contribution in [1.29, 1.82) is 0 Å². The highest BCUT2D eigenvalue weighted by Crippen LogP contribution is 2.33. The maximum atomic E-state index is 7.63. The minimum Gasteiger partial charge on any atom is -0.308 e. The molecule has 0 aliphatic carbocycles. The predicted molar refractivity (Wildman–Crippen MR) is 135 cm³/mol. The Morgan fingerprint density at radius 2 is 1.76 bits per heavy atom. The zero-order valence-electron chi connectivity index (χ0n) is 19.9. The van der Waals surface area contributed by atoms with Crippen LogP contribution in [0.5, 0.6) is 0 Å². The van der Waals surface area contributed by atoms with E-state index < -0.39 is 0 Å². The van der Waals surface area contributed by atoms with Gasteiger partial charge in [-0.2, -0.15) is 5.10 Å². The third kappa shape index (κ3) is 3.86. The van der Waals surface area contributed by atoms with Crippen molar-refractivity contribution in [3.63, 3.8) is 0 Å².